The highest BCUT2D eigenvalue weighted by Gasteiger charge is 2.27. The summed E-state index contributed by atoms with van der Waals surface area (Å²) in [4.78, 5) is 16.7. The van der Waals surface area contributed by atoms with Gasteiger partial charge in [0.1, 0.15) is 0 Å². The molecule has 5 nitrogen and oxygen atoms in total. The van der Waals surface area contributed by atoms with E-state index in [1.807, 2.05) is 11.0 Å². The first-order valence-electron chi connectivity index (χ1n) is 8.06. The monoisotopic (exact) mass is 298 g/mol. The molecule has 1 aromatic rings. The van der Waals surface area contributed by atoms with Gasteiger partial charge in [-0.2, -0.15) is 5.26 Å². The third-order valence-corrected chi connectivity index (χ3v) is 4.69. The lowest BCUT2D eigenvalue weighted by Crippen LogP contribution is -2.52. The number of carbonyl (C=O) groups is 1. The molecule has 0 bridgehead atoms. The number of nitriles is 1. The predicted octanol–water partition coefficient (Wildman–Crippen LogP) is 2.65. The number of hydrogen-bond acceptors (Lipinski definition) is 3. The Balaban J connectivity index is 1.52. The van der Waals surface area contributed by atoms with Crippen molar-refractivity contribution < 1.29 is 4.79 Å². The number of piperazine rings is 1. The Morgan fingerprint density at radius 1 is 1.18 bits per heavy atom. The summed E-state index contributed by atoms with van der Waals surface area (Å²) in [5, 5.41) is 11.8. The lowest BCUT2D eigenvalue weighted by atomic mass is 10.2. The van der Waals surface area contributed by atoms with E-state index >= 15 is 0 Å². The largest absolute Gasteiger partial charge is 0.322 e. The number of rotatable bonds is 2. The Labute approximate surface area is 131 Å². The van der Waals surface area contributed by atoms with E-state index in [0.717, 1.165) is 32.2 Å². The van der Waals surface area contributed by atoms with E-state index in [2.05, 4.69) is 16.3 Å². The molecule has 1 saturated heterocycles. The van der Waals surface area contributed by atoms with Gasteiger partial charge in [0, 0.05) is 37.9 Å². The number of anilines is 1. The molecule has 0 unspecified atom stereocenters. The molecular formula is C17H22N4O. The van der Waals surface area contributed by atoms with Gasteiger partial charge in [-0.1, -0.05) is 18.9 Å². The lowest BCUT2D eigenvalue weighted by molar-refractivity contribution is 0.115. The third kappa shape index (κ3) is 3.40. The van der Waals surface area contributed by atoms with Gasteiger partial charge in [0.25, 0.3) is 0 Å². The van der Waals surface area contributed by atoms with Crippen LogP contribution in [0.5, 0.6) is 0 Å². The molecule has 22 heavy (non-hydrogen) atoms. The van der Waals surface area contributed by atoms with Crippen LogP contribution in [0.1, 0.15) is 31.2 Å². The van der Waals surface area contributed by atoms with Crippen molar-refractivity contribution in [3.63, 3.8) is 0 Å². The molecule has 2 fully saturated rings. The Morgan fingerprint density at radius 3 is 2.59 bits per heavy atom. The van der Waals surface area contributed by atoms with E-state index in [0.29, 0.717) is 11.3 Å². The van der Waals surface area contributed by atoms with Gasteiger partial charge in [0.15, 0.2) is 0 Å². The van der Waals surface area contributed by atoms with E-state index in [1.54, 1.807) is 18.2 Å². The first-order chi connectivity index (χ1) is 10.8. The van der Waals surface area contributed by atoms with Crippen molar-refractivity contribution >= 4 is 11.7 Å². The normalized spacial score (nSPS) is 19.9. The maximum absolute atomic E-state index is 12.3. The molecular weight excluding hydrogens is 276 g/mol. The van der Waals surface area contributed by atoms with E-state index < -0.39 is 0 Å². The van der Waals surface area contributed by atoms with Crippen molar-refractivity contribution in [2.45, 2.75) is 31.7 Å². The molecule has 0 radical (unpaired) electrons. The summed E-state index contributed by atoms with van der Waals surface area (Å²) < 4.78 is 0. The molecule has 1 aromatic carbocycles. The standard InChI is InChI=1S/C17H22N4O/c18-13-14-4-3-5-15(12-14)19-17(22)21-10-8-20(9-11-21)16-6-1-2-7-16/h3-5,12,16H,1-2,6-11H2,(H,19,22). The van der Waals surface area contributed by atoms with Gasteiger partial charge < -0.3 is 10.2 Å². The Bertz CT molecular complexity index is 566. The van der Waals surface area contributed by atoms with Crippen LogP contribution in [0, 0.1) is 11.3 Å². The lowest BCUT2D eigenvalue weighted by Gasteiger charge is -2.38. The van der Waals surface area contributed by atoms with Crippen LogP contribution in [-0.2, 0) is 0 Å². The molecule has 1 N–H and O–H groups in total. The predicted molar refractivity (Wildman–Crippen MR) is 85.6 cm³/mol. The van der Waals surface area contributed by atoms with Gasteiger partial charge in [-0.25, -0.2) is 4.79 Å². The second-order valence-corrected chi connectivity index (χ2v) is 6.08. The van der Waals surface area contributed by atoms with E-state index in [9.17, 15) is 4.79 Å². The molecule has 0 spiro atoms. The van der Waals surface area contributed by atoms with Gasteiger partial charge in [-0.3, -0.25) is 4.90 Å². The summed E-state index contributed by atoms with van der Waals surface area (Å²) >= 11 is 0. The van der Waals surface area contributed by atoms with Crippen molar-refractivity contribution in [2.75, 3.05) is 31.5 Å². The van der Waals surface area contributed by atoms with E-state index in [4.69, 9.17) is 5.26 Å². The summed E-state index contributed by atoms with van der Waals surface area (Å²) in [6.45, 7) is 3.49. The van der Waals surface area contributed by atoms with Gasteiger partial charge in [0.05, 0.1) is 11.6 Å². The van der Waals surface area contributed by atoms with Crippen LogP contribution in [-0.4, -0.2) is 48.1 Å². The average Bonchev–Trinajstić information content (AvgIpc) is 3.09. The molecule has 2 amide bonds. The van der Waals surface area contributed by atoms with E-state index in [1.165, 1.54) is 25.7 Å². The zero-order valence-corrected chi connectivity index (χ0v) is 12.8. The Morgan fingerprint density at radius 2 is 1.91 bits per heavy atom. The highest BCUT2D eigenvalue weighted by molar-refractivity contribution is 5.89. The first kappa shape index (κ1) is 14.9. The molecule has 0 aromatic heterocycles. The second kappa shape index (κ2) is 6.80. The van der Waals surface area contributed by atoms with Crippen LogP contribution in [0.3, 0.4) is 0 Å². The highest BCUT2D eigenvalue weighted by atomic mass is 16.2. The molecule has 1 aliphatic carbocycles. The average molecular weight is 298 g/mol. The SMILES string of the molecule is N#Cc1cccc(NC(=O)N2CCN(C3CCCC3)CC2)c1. The van der Waals surface area contributed by atoms with Crippen LogP contribution in [0.2, 0.25) is 0 Å². The van der Waals surface area contributed by atoms with Crippen molar-refractivity contribution in [3.8, 4) is 6.07 Å². The highest BCUT2D eigenvalue weighted by Crippen LogP contribution is 2.24. The van der Waals surface area contributed by atoms with Crippen LogP contribution in [0.4, 0.5) is 10.5 Å². The number of hydrogen-bond donors (Lipinski definition) is 1. The fourth-order valence-corrected chi connectivity index (χ4v) is 3.43. The quantitative estimate of drug-likeness (QED) is 0.913. The van der Waals surface area contributed by atoms with Gasteiger partial charge in [0.2, 0.25) is 0 Å². The van der Waals surface area contributed by atoms with Crippen molar-refractivity contribution in [2.24, 2.45) is 0 Å². The molecule has 116 valence electrons. The summed E-state index contributed by atoms with van der Waals surface area (Å²) in [7, 11) is 0. The zero-order valence-electron chi connectivity index (χ0n) is 12.8. The third-order valence-electron chi connectivity index (χ3n) is 4.69. The second-order valence-electron chi connectivity index (χ2n) is 6.08. The molecule has 2 aliphatic rings. The van der Waals surface area contributed by atoms with Crippen LogP contribution < -0.4 is 5.32 Å². The number of urea groups is 1. The maximum Gasteiger partial charge on any atom is 0.321 e. The number of benzene rings is 1. The summed E-state index contributed by atoms with van der Waals surface area (Å²) in [6, 6.07) is 9.78. The van der Waals surface area contributed by atoms with Gasteiger partial charge in [-0.05, 0) is 31.0 Å². The van der Waals surface area contributed by atoms with Crippen molar-refractivity contribution in [1.82, 2.24) is 9.80 Å². The molecule has 1 heterocycles. The van der Waals surface area contributed by atoms with Gasteiger partial charge >= 0.3 is 6.03 Å². The minimum absolute atomic E-state index is 0.0684. The fraction of sp³-hybridized carbons (Fsp3) is 0.529. The van der Waals surface area contributed by atoms with E-state index in [-0.39, 0.29) is 6.03 Å². The molecule has 3 rings (SSSR count). The smallest absolute Gasteiger partial charge is 0.321 e. The number of carbonyl (C=O) groups excluding carboxylic acids is 1. The fourth-order valence-electron chi connectivity index (χ4n) is 3.43. The van der Waals surface area contributed by atoms with Gasteiger partial charge in [-0.15, -0.1) is 0 Å². The van der Waals surface area contributed by atoms with Crippen LogP contribution >= 0.6 is 0 Å². The van der Waals surface area contributed by atoms with Crippen molar-refractivity contribution in [3.05, 3.63) is 29.8 Å². The van der Waals surface area contributed by atoms with Crippen molar-refractivity contribution in [1.29, 1.82) is 5.26 Å². The van der Waals surface area contributed by atoms with Crippen LogP contribution in [0.15, 0.2) is 24.3 Å². The summed E-state index contributed by atoms with van der Waals surface area (Å²) in [5.41, 5.74) is 1.24. The number of nitrogens with one attached hydrogen (secondary N) is 1. The minimum Gasteiger partial charge on any atom is -0.322 e. The number of amides is 2. The molecule has 5 heteroatoms. The molecule has 0 atom stereocenters. The molecule has 1 aliphatic heterocycles. The Hall–Kier alpha value is -2.06. The van der Waals surface area contributed by atoms with Crippen LogP contribution in [0.25, 0.3) is 0 Å². The molecule has 1 saturated carbocycles. The minimum atomic E-state index is -0.0684. The topological polar surface area (TPSA) is 59.4 Å². The Kier molecular flexibility index (Phi) is 4.59. The number of nitrogens with zero attached hydrogens (tertiary/aromatic N) is 3. The maximum atomic E-state index is 12.3. The first-order valence-corrected chi connectivity index (χ1v) is 8.06. The zero-order chi connectivity index (χ0) is 15.4. The summed E-state index contributed by atoms with van der Waals surface area (Å²) in [5.74, 6) is 0. The summed E-state index contributed by atoms with van der Waals surface area (Å²) in [6.07, 6.45) is 5.32.